The Labute approximate surface area is 182 Å². The molecule has 5 aliphatic rings. The molecule has 6 rings (SSSR count). The Kier molecular flexibility index (Phi) is 5.26. The number of carbonyl (C=O) groups excluding carboxylic acids is 3. The molecule has 1 aliphatic heterocycles. The first kappa shape index (κ1) is 20.5. The van der Waals surface area contributed by atoms with Crippen molar-refractivity contribution >= 4 is 17.7 Å². The van der Waals surface area contributed by atoms with E-state index in [4.69, 9.17) is 4.52 Å². The first-order chi connectivity index (χ1) is 14.9. The topological polar surface area (TPSA) is 95.8 Å². The second-order valence-electron chi connectivity index (χ2n) is 10.4. The molecule has 1 aromatic rings. The Morgan fingerprint density at radius 2 is 1.61 bits per heavy atom. The zero-order valence-corrected chi connectivity index (χ0v) is 18.3. The summed E-state index contributed by atoms with van der Waals surface area (Å²) >= 11 is 0. The number of carbonyl (C=O) groups is 3. The van der Waals surface area contributed by atoms with Crippen LogP contribution >= 0.6 is 0 Å². The lowest BCUT2D eigenvalue weighted by Gasteiger charge is -2.56. The van der Waals surface area contributed by atoms with E-state index in [0.29, 0.717) is 38.3 Å². The zero-order chi connectivity index (χ0) is 21.6. The second kappa shape index (κ2) is 7.95. The number of rotatable bonds is 5. The zero-order valence-electron chi connectivity index (χ0n) is 18.3. The summed E-state index contributed by atoms with van der Waals surface area (Å²) in [6.45, 7) is 3.64. The number of hydrogen-bond donors (Lipinski definition) is 1. The molecule has 31 heavy (non-hydrogen) atoms. The van der Waals surface area contributed by atoms with E-state index in [1.165, 1.54) is 38.5 Å². The van der Waals surface area contributed by atoms with Gasteiger partial charge in [-0.25, -0.2) is 0 Å². The van der Waals surface area contributed by atoms with Crippen LogP contribution in [0.15, 0.2) is 10.6 Å². The molecule has 4 aliphatic carbocycles. The molecule has 2 heterocycles. The van der Waals surface area contributed by atoms with E-state index in [0.717, 1.165) is 17.8 Å². The van der Waals surface area contributed by atoms with E-state index >= 15 is 0 Å². The minimum Gasteiger partial charge on any atom is -0.351 e. The van der Waals surface area contributed by atoms with E-state index in [2.05, 4.69) is 10.5 Å². The molecule has 8 heteroatoms. The Hall–Kier alpha value is -2.38. The van der Waals surface area contributed by atoms with Crippen molar-refractivity contribution in [3.8, 4) is 0 Å². The number of amides is 3. The normalized spacial score (nSPS) is 31.7. The molecule has 0 aromatic carbocycles. The van der Waals surface area contributed by atoms with E-state index in [1.54, 1.807) is 22.8 Å². The van der Waals surface area contributed by atoms with Gasteiger partial charge in [-0.3, -0.25) is 14.4 Å². The average Bonchev–Trinajstić information content (AvgIpc) is 3.16. The molecule has 4 bridgehead atoms. The van der Waals surface area contributed by atoms with Crippen molar-refractivity contribution in [2.45, 2.75) is 51.9 Å². The van der Waals surface area contributed by atoms with Crippen molar-refractivity contribution in [1.82, 2.24) is 20.3 Å². The van der Waals surface area contributed by atoms with Gasteiger partial charge in [0, 0.05) is 38.7 Å². The largest absolute Gasteiger partial charge is 0.351 e. The predicted octanol–water partition coefficient (Wildman–Crippen LogP) is 1.99. The van der Waals surface area contributed by atoms with Crippen molar-refractivity contribution in [2.75, 3.05) is 32.7 Å². The first-order valence-electron chi connectivity index (χ1n) is 11.7. The van der Waals surface area contributed by atoms with Crippen molar-refractivity contribution < 1.29 is 18.9 Å². The highest BCUT2D eigenvalue weighted by molar-refractivity contribution is 5.91. The monoisotopic (exact) mass is 428 g/mol. The smallest absolute Gasteiger partial charge is 0.292 e. The molecule has 4 saturated carbocycles. The van der Waals surface area contributed by atoms with Gasteiger partial charge in [0.1, 0.15) is 0 Å². The average molecular weight is 429 g/mol. The van der Waals surface area contributed by atoms with Gasteiger partial charge in [-0.05, 0) is 68.6 Å². The van der Waals surface area contributed by atoms with E-state index in [1.807, 2.05) is 0 Å². The molecule has 1 saturated heterocycles. The summed E-state index contributed by atoms with van der Waals surface area (Å²) in [6, 6.07) is 1.62. The van der Waals surface area contributed by atoms with Crippen LogP contribution in [0.3, 0.4) is 0 Å². The number of piperazine rings is 1. The number of aryl methyl sites for hydroxylation is 1. The highest BCUT2D eigenvalue weighted by Crippen LogP contribution is 2.61. The Morgan fingerprint density at radius 3 is 2.16 bits per heavy atom. The molecular weight excluding hydrogens is 396 g/mol. The van der Waals surface area contributed by atoms with Crippen LogP contribution in [-0.2, 0) is 9.59 Å². The standard InChI is InChI=1S/C23H32N4O4/c1-15-6-19(31-25-15)22(30)27-4-2-26(3-5-27)21(29)14-24-20(28)13-23-10-16-7-17(11-23)9-18(8-16)12-23/h6,16-18H,2-5,7-14H2,1H3,(H,24,28). The van der Waals surface area contributed by atoms with Crippen LogP contribution in [0.5, 0.6) is 0 Å². The van der Waals surface area contributed by atoms with Crippen molar-refractivity contribution in [2.24, 2.45) is 23.2 Å². The molecule has 1 N–H and O–H groups in total. The predicted molar refractivity (Wildman–Crippen MR) is 112 cm³/mol. The van der Waals surface area contributed by atoms with E-state index < -0.39 is 0 Å². The molecular formula is C23H32N4O4. The highest BCUT2D eigenvalue weighted by atomic mass is 16.5. The van der Waals surface area contributed by atoms with E-state index in [-0.39, 0.29) is 35.4 Å². The summed E-state index contributed by atoms with van der Waals surface area (Å²) in [5, 5.41) is 6.64. The third kappa shape index (κ3) is 4.21. The molecule has 8 nitrogen and oxygen atoms in total. The van der Waals surface area contributed by atoms with Gasteiger partial charge >= 0.3 is 0 Å². The van der Waals surface area contributed by atoms with Crippen LogP contribution in [0.25, 0.3) is 0 Å². The molecule has 0 spiro atoms. The van der Waals surface area contributed by atoms with Gasteiger partial charge in [-0.15, -0.1) is 0 Å². The summed E-state index contributed by atoms with van der Waals surface area (Å²) in [5.74, 6) is 2.43. The fourth-order valence-electron chi connectivity index (χ4n) is 6.97. The summed E-state index contributed by atoms with van der Waals surface area (Å²) in [7, 11) is 0. The second-order valence-corrected chi connectivity index (χ2v) is 10.4. The third-order valence-electron chi connectivity index (χ3n) is 7.90. The van der Waals surface area contributed by atoms with Gasteiger partial charge in [0.05, 0.1) is 12.2 Å². The maximum atomic E-state index is 12.7. The fraction of sp³-hybridized carbons (Fsp3) is 0.739. The number of aromatic nitrogens is 1. The minimum atomic E-state index is -0.198. The third-order valence-corrected chi connectivity index (χ3v) is 7.90. The van der Waals surface area contributed by atoms with Gasteiger partial charge in [0.25, 0.3) is 5.91 Å². The highest BCUT2D eigenvalue weighted by Gasteiger charge is 2.51. The summed E-state index contributed by atoms with van der Waals surface area (Å²) in [4.78, 5) is 41.1. The van der Waals surface area contributed by atoms with Gasteiger partial charge in [0.2, 0.25) is 17.6 Å². The summed E-state index contributed by atoms with van der Waals surface area (Å²) < 4.78 is 5.05. The number of nitrogens with one attached hydrogen (secondary N) is 1. The maximum absolute atomic E-state index is 12.7. The van der Waals surface area contributed by atoms with Gasteiger partial charge < -0.3 is 19.6 Å². The fourth-order valence-corrected chi connectivity index (χ4v) is 6.97. The van der Waals surface area contributed by atoms with Crippen molar-refractivity contribution in [1.29, 1.82) is 0 Å². The van der Waals surface area contributed by atoms with Gasteiger partial charge in [-0.2, -0.15) is 0 Å². The number of hydrogen-bond acceptors (Lipinski definition) is 5. The lowest BCUT2D eigenvalue weighted by atomic mass is 9.49. The first-order valence-corrected chi connectivity index (χ1v) is 11.7. The van der Waals surface area contributed by atoms with E-state index in [9.17, 15) is 14.4 Å². The minimum absolute atomic E-state index is 0.0183. The van der Waals surface area contributed by atoms with Crippen LogP contribution in [0.1, 0.15) is 61.2 Å². The number of nitrogens with zero attached hydrogens (tertiary/aromatic N) is 3. The molecule has 168 valence electrons. The van der Waals surface area contributed by atoms with Crippen LogP contribution in [0.4, 0.5) is 0 Å². The van der Waals surface area contributed by atoms with Crippen molar-refractivity contribution in [3.05, 3.63) is 17.5 Å². The molecule has 3 amide bonds. The lowest BCUT2D eigenvalue weighted by molar-refractivity contribution is -0.136. The van der Waals surface area contributed by atoms with Crippen LogP contribution < -0.4 is 5.32 Å². The summed E-state index contributed by atoms with van der Waals surface area (Å²) in [6.07, 6.45) is 8.25. The Balaban J connectivity index is 1.07. The molecule has 0 atom stereocenters. The SMILES string of the molecule is Cc1cc(C(=O)N2CCN(C(=O)CNC(=O)CC34CC5CC(CC(C5)C3)C4)CC2)on1. The maximum Gasteiger partial charge on any atom is 0.292 e. The quantitative estimate of drug-likeness (QED) is 0.774. The van der Waals surface area contributed by atoms with Crippen LogP contribution in [0, 0.1) is 30.1 Å². The molecule has 1 aromatic heterocycles. The molecule has 0 radical (unpaired) electrons. The van der Waals surface area contributed by atoms with Crippen molar-refractivity contribution in [3.63, 3.8) is 0 Å². The lowest BCUT2D eigenvalue weighted by Crippen LogP contribution is -2.53. The molecule has 5 fully saturated rings. The van der Waals surface area contributed by atoms with Crippen LogP contribution in [-0.4, -0.2) is 65.4 Å². The Bertz CT molecular complexity index is 835. The van der Waals surface area contributed by atoms with Crippen LogP contribution in [0.2, 0.25) is 0 Å². The molecule has 0 unspecified atom stereocenters. The Morgan fingerprint density at radius 1 is 1.03 bits per heavy atom. The van der Waals surface area contributed by atoms with Gasteiger partial charge in [-0.1, -0.05) is 5.16 Å². The van der Waals surface area contributed by atoms with Gasteiger partial charge in [0.15, 0.2) is 0 Å². The summed E-state index contributed by atoms with van der Waals surface area (Å²) in [5.41, 5.74) is 0.855.